The second kappa shape index (κ2) is 6.42. The van der Waals surface area contributed by atoms with Crippen LogP contribution in [0.25, 0.3) is 33.5 Å². The molecule has 0 unspecified atom stereocenters. The lowest BCUT2D eigenvalue weighted by atomic mass is 10.1. The molecule has 0 aliphatic carbocycles. The standard InChI is InChI=1S/C21H21N5/c1-2-6-18-16(5-1)10-20(23-18)21-11-19(24-25-21)17-9-15(12-22-13-17)14-26-7-3-4-8-26/h1-2,5-6,9-13,23H,3-4,7-8,14H2,(H,24,25). The van der Waals surface area contributed by atoms with Crippen molar-refractivity contribution < 1.29 is 0 Å². The van der Waals surface area contributed by atoms with Gasteiger partial charge in [0.15, 0.2) is 0 Å². The van der Waals surface area contributed by atoms with Crippen molar-refractivity contribution in [1.82, 2.24) is 25.1 Å². The van der Waals surface area contributed by atoms with E-state index in [1.807, 2.05) is 18.5 Å². The van der Waals surface area contributed by atoms with Gasteiger partial charge in [-0.25, -0.2) is 0 Å². The fraction of sp³-hybridized carbons (Fsp3) is 0.238. The first-order valence-corrected chi connectivity index (χ1v) is 9.15. The number of nitrogens with zero attached hydrogens (tertiary/aromatic N) is 3. The summed E-state index contributed by atoms with van der Waals surface area (Å²) in [6, 6.07) is 14.7. The fourth-order valence-electron chi connectivity index (χ4n) is 3.74. The summed E-state index contributed by atoms with van der Waals surface area (Å²) in [5.74, 6) is 0. The minimum absolute atomic E-state index is 0.925. The predicted molar refractivity (Wildman–Crippen MR) is 104 cm³/mol. The van der Waals surface area contributed by atoms with Crippen LogP contribution in [0, 0.1) is 0 Å². The van der Waals surface area contributed by atoms with Gasteiger partial charge in [-0.3, -0.25) is 15.0 Å². The smallest absolute Gasteiger partial charge is 0.0943 e. The Morgan fingerprint density at radius 1 is 0.962 bits per heavy atom. The highest BCUT2D eigenvalue weighted by Gasteiger charge is 2.13. The molecule has 2 N–H and O–H groups in total. The molecule has 0 amide bonds. The Hall–Kier alpha value is -2.92. The summed E-state index contributed by atoms with van der Waals surface area (Å²) in [5, 5.41) is 8.86. The second-order valence-corrected chi connectivity index (χ2v) is 7.00. The van der Waals surface area contributed by atoms with Crippen LogP contribution in [0.2, 0.25) is 0 Å². The summed E-state index contributed by atoms with van der Waals surface area (Å²) in [6.45, 7) is 3.36. The molecule has 130 valence electrons. The number of likely N-dealkylation sites (tertiary alicyclic amines) is 1. The lowest BCUT2D eigenvalue weighted by Crippen LogP contribution is -2.18. The highest BCUT2D eigenvalue weighted by molar-refractivity contribution is 5.85. The molecule has 5 heteroatoms. The molecule has 1 saturated heterocycles. The minimum Gasteiger partial charge on any atom is -0.353 e. The van der Waals surface area contributed by atoms with Crippen LogP contribution < -0.4 is 0 Å². The third kappa shape index (κ3) is 2.91. The number of rotatable bonds is 4. The van der Waals surface area contributed by atoms with E-state index in [4.69, 9.17) is 0 Å². The molecule has 0 spiro atoms. The number of fused-ring (bicyclic) bond motifs is 1. The maximum atomic E-state index is 4.51. The molecule has 0 bridgehead atoms. The van der Waals surface area contributed by atoms with Gasteiger partial charge in [-0.2, -0.15) is 5.10 Å². The summed E-state index contributed by atoms with van der Waals surface area (Å²) in [6.07, 6.45) is 6.46. The van der Waals surface area contributed by atoms with E-state index in [2.05, 4.69) is 61.5 Å². The van der Waals surface area contributed by atoms with Crippen LogP contribution in [0.4, 0.5) is 0 Å². The first kappa shape index (κ1) is 15.3. The maximum absolute atomic E-state index is 4.51. The molecule has 0 atom stereocenters. The van der Waals surface area contributed by atoms with Gasteiger partial charge in [-0.05, 0) is 55.8 Å². The third-order valence-corrected chi connectivity index (χ3v) is 5.09. The Bertz CT molecular complexity index is 1010. The average molecular weight is 343 g/mol. The van der Waals surface area contributed by atoms with Crippen molar-refractivity contribution in [3.8, 4) is 22.6 Å². The van der Waals surface area contributed by atoms with E-state index in [0.29, 0.717) is 0 Å². The van der Waals surface area contributed by atoms with Crippen molar-refractivity contribution >= 4 is 10.9 Å². The van der Waals surface area contributed by atoms with Gasteiger partial charge in [0.1, 0.15) is 0 Å². The average Bonchev–Trinajstić information content (AvgIpc) is 3.41. The summed E-state index contributed by atoms with van der Waals surface area (Å²) < 4.78 is 0. The molecule has 5 nitrogen and oxygen atoms in total. The fourth-order valence-corrected chi connectivity index (χ4v) is 3.74. The molecular weight excluding hydrogens is 322 g/mol. The monoisotopic (exact) mass is 343 g/mol. The van der Waals surface area contributed by atoms with Crippen LogP contribution in [-0.2, 0) is 6.54 Å². The Morgan fingerprint density at radius 3 is 2.73 bits per heavy atom. The molecule has 1 aliphatic heterocycles. The van der Waals surface area contributed by atoms with Gasteiger partial charge in [0.05, 0.1) is 17.1 Å². The number of pyridine rings is 1. The molecule has 0 radical (unpaired) electrons. The van der Waals surface area contributed by atoms with Crippen LogP contribution in [-0.4, -0.2) is 38.2 Å². The minimum atomic E-state index is 0.925. The van der Waals surface area contributed by atoms with Crippen molar-refractivity contribution in [3.05, 3.63) is 60.4 Å². The molecule has 1 aromatic carbocycles. The van der Waals surface area contributed by atoms with Crippen molar-refractivity contribution in [2.45, 2.75) is 19.4 Å². The van der Waals surface area contributed by atoms with E-state index in [1.54, 1.807) is 0 Å². The summed E-state index contributed by atoms with van der Waals surface area (Å²) in [5.41, 5.74) is 6.40. The van der Waals surface area contributed by atoms with Crippen LogP contribution in [0.1, 0.15) is 18.4 Å². The number of nitrogens with one attached hydrogen (secondary N) is 2. The highest BCUT2D eigenvalue weighted by atomic mass is 15.1. The third-order valence-electron chi connectivity index (χ3n) is 5.09. The molecule has 1 fully saturated rings. The molecular formula is C21H21N5. The van der Waals surface area contributed by atoms with Crippen LogP contribution in [0.15, 0.2) is 54.9 Å². The SMILES string of the molecule is c1ccc2[nH]c(-c3cc(-c4cncc(CN5CCCC5)c4)n[nH]3)cc2c1. The Kier molecular flexibility index (Phi) is 3.79. The van der Waals surface area contributed by atoms with Gasteiger partial charge in [-0.1, -0.05) is 18.2 Å². The summed E-state index contributed by atoms with van der Waals surface area (Å²) in [7, 11) is 0. The van der Waals surface area contributed by atoms with E-state index in [9.17, 15) is 0 Å². The van der Waals surface area contributed by atoms with E-state index < -0.39 is 0 Å². The van der Waals surface area contributed by atoms with Gasteiger partial charge in [0, 0.05) is 35.4 Å². The quantitative estimate of drug-likeness (QED) is 0.583. The normalized spacial score (nSPS) is 15.1. The Balaban J connectivity index is 1.42. The highest BCUT2D eigenvalue weighted by Crippen LogP contribution is 2.26. The number of aromatic amines is 2. The van der Waals surface area contributed by atoms with Crippen LogP contribution >= 0.6 is 0 Å². The van der Waals surface area contributed by atoms with Gasteiger partial charge < -0.3 is 4.98 Å². The zero-order chi connectivity index (χ0) is 17.3. The molecule has 5 rings (SSSR count). The zero-order valence-electron chi connectivity index (χ0n) is 14.6. The Labute approximate surface area is 152 Å². The number of hydrogen-bond donors (Lipinski definition) is 2. The van der Waals surface area contributed by atoms with E-state index in [-0.39, 0.29) is 0 Å². The largest absolute Gasteiger partial charge is 0.353 e. The van der Waals surface area contributed by atoms with Gasteiger partial charge >= 0.3 is 0 Å². The van der Waals surface area contributed by atoms with E-state index in [1.165, 1.54) is 36.9 Å². The first-order valence-electron chi connectivity index (χ1n) is 9.15. The number of H-pyrrole nitrogens is 2. The summed E-state index contributed by atoms with van der Waals surface area (Å²) >= 11 is 0. The predicted octanol–water partition coefficient (Wildman–Crippen LogP) is 4.22. The molecule has 4 heterocycles. The van der Waals surface area contributed by atoms with E-state index in [0.717, 1.165) is 34.7 Å². The number of benzene rings is 1. The molecule has 4 aromatic rings. The van der Waals surface area contributed by atoms with Crippen LogP contribution in [0.5, 0.6) is 0 Å². The summed E-state index contributed by atoms with van der Waals surface area (Å²) in [4.78, 5) is 10.4. The van der Waals surface area contributed by atoms with Gasteiger partial charge in [0.2, 0.25) is 0 Å². The first-order chi connectivity index (χ1) is 12.8. The van der Waals surface area contributed by atoms with Crippen molar-refractivity contribution in [2.75, 3.05) is 13.1 Å². The molecule has 3 aromatic heterocycles. The van der Waals surface area contributed by atoms with Gasteiger partial charge in [-0.15, -0.1) is 0 Å². The van der Waals surface area contributed by atoms with Crippen molar-refractivity contribution in [3.63, 3.8) is 0 Å². The topological polar surface area (TPSA) is 60.6 Å². The number of hydrogen-bond acceptors (Lipinski definition) is 3. The van der Waals surface area contributed by atoms with E-state index >= 15 is 0 Å². The van der Waals surface area contributed by atoms with Crippen molar-refractivity contribution in [2.24, 2.45) is 0 Å². The lowest BCUT2D eigenvalue weighted by molar-refractivity contribution is 0.331. The second-order valence-electron chi connectivity index (χ2n) is 7.00. The maximum Gasteiger partial charge on any atom is 0.0943 e. The van der Waals surface area contributed by atoms with Crippen molar-refractivity contribution in [1.29, 1.82) is 0 Å². The van der Waals surface area contributed by atoms with Gasteiger partial charge in [0.25, 0.3) is 0 Å². The lowest BCUT2D eigenvalue weighted by Gasteiger charge is -2.14. The molecule has 0 saturated carbocycles. The molecule has 26 heavy (non-hydrogen) atoms. The van der Waals surface area contributed by atoms with Crippen LogP contribution in [0.3, 0.4) is 0 Å². The Morgan fingerprint density at radius 2 is 1.85 bits per heavy atom. The molecule has 1 aliphatic rings. The zero-order valence-corrected chi connectivity index (χ0v) is 14.6. The number of para-hydroxylation sites is 1. The number of aromatic nitrogens is 4.